The van der Waals surface area contributed by atoms with Crippen molar-refractivity contribution in [2.45, 2.75) is 45.7 Å². The zero-order valence-corrected chi connectivity index (χ0v) is 13.7. The van der Waals surface area contributed by atoms with Gasteiger partial charge in [-0.1, -0.05) is 13.8 Å². The van der Waals surface area contributed by atoms with E-state index in [2.05, 4.69) is 28.8 Å². The Balaban J connectivity index is 1.63. The Morgan fingerprint density at radius 3 is 2.77 bits per heavy atom. The van der Waals surface area contributed by atoms with Crippen molar-refractivity contribution in [2.75, 3.05) is 26.2 Å². The molecule has 2 fully saturated rings. The Bertz CT molecular complexity index is 483. The van der Waals surface area contributed by atoms with Gasteiger partial charge in [-0.2, -0.15) is 5.10 Å². The van der Waals surface area contributed by atoms with Crippen molar-refractivity contribution < 1.29 is 4.79 Å². The molecule has 1 aliphatic heterocycles. The van der Waals surface area contributed by atoms with Crippen LogP contribution in [0.3, 0.4) is 0 Å². The molecule has 1 unspecified atom stereocenters. The van der Waals surface area contributed by atoms with Gasteiger partial charge in [-0.3, -0.25) is 9.69 Å². The lowest BCUT2D eigenvalue weighted by Gasteiger charge is -2.34. The van der Waals surface area contributed by atoms with Gasteiger partial charge in [0.05, 0.1) is 0 Å². The summed E-state index contributed by atoms with van der Waals surface area (Å²) in [6.45, 7) is 8.88. The average Bonchev–Trinajstić information content (AvgIpc) is 3.20. The van der Waals surface area contributed by atoms with Gasteiger partial charge >= 0.3 is 0 Å². The summed E-state index contributed by atoms with van der Waals surface area (Å²) < 4.78 is 1.61. The Morgan fingerprint density at radius 2 is 2.14 bits per heavy atom. The molecule has 0 aromatic carbocycles. The molecule has 122 valence electrons. The monoisotopic (exact) mass is 305 g/mol. The Hall–Kier alpha value is -1.43. The third-order valence-electron chi connectivity index (χ3n) is 4.83. The van der Waals surface area contributed by atoms with Gasteiger partial charge in [0.25, 0.3) is 0 Å². The van der Waals surface area contributed by atoms with Crippen LogP contribution in [0.15, 0.2) is 12.7 Å². The van der Waals surface area contributed by atoms with Crippen molar-refractivity contribution in [2.24, 2.45) is 11.8 Å². The number of amides is 1. The van der Waals surface area contributed by atoms with Crippen molar-refractivity contribution in [3.63, 3.8) is 0 Å². The van der Waals surface area contributed by atoms with E-state index in [-0.39, 0.29) is 5.91 Å². The SMILES string of the molecule is CC(C)C1CN(C(=O)Cn2cncn2)CCCN1CC1CC1. The first-order chi connectivity index (χ1) is 10.6. The maximum absolute atomic E-state index is 12.5. The normalized spacial score (nSPS) is 23.8. The van der Waals surface area contributed by atoms with Crippen LogP contribution in [0.25, 0.3) is 0 Å². The lowest BCUT2D eigenvalue weighted by atomic mass is 10.0. The predicted molar refractivity (Wildman–Crippen MR) is 84.1 cm³/mol. The molecule has 3 rings (SSSR count). The number of hydrogen-bond acceptors (Lipinski definition) is 4. The van der Waals surface area contributed by atoms with Gasteiger partial charge in [0.2, 0.25) is 5.91 Å². The summed E-state index contributed by atoms with van der Waals surface area (Å²) >= 11 is 0. The lowest BCUT2D eigenvalue weighted by molar-refractivity contribution is -0.132. The maximum atomic E-state index is 12.5. The van der Waals surface area contributed by atoms with Crippen LogP contribution in [0.1, 0.15) is 33.1 Å². The molecule has 0 radical (unpaired) electrons. The Kier molecular flexibility index (Phi) is 4.76. The first-order valence-corrected chi connectivity index (χ1v) is 8.47. The van der Waals surface area contributed by atoms with E-state index in [1.165, 1.54) is 25.7 Å². The van der Waals surface area contributed by atoms with E-state index < -0.39 is 0 Å². The minimum atomic E-state index is 0.157. The Labute approximate surface area is 132 Å². The van der Waals surface area contributed by atoms with Crippen LogP contribution in [0, 0.1) is 11.8 Å². The number of aromatic nitrogens is 3. The molecule has 1 aliphatic carbocycles. The summed E-state index contributed by atoms with van der Waals surface area (Å²) in [6.07, 6.45) is 6.92. The maximum Gasteiger partial charge on any atom is 0.244 e. The van der Waals surface area contributed by atoms with Crippen LogP contribution in [0.4, 0.5) is 0 Å². The van der Waals surface area contributed by atoms with Gasteiger partial charge in [0.1, 0.15) is 19.2 Å². The van der Waals surface area contributed by atoms with E-state index in [9.17, 15) is 4.79 Å². The smallest absolute Gasteiger partial charge is 0.244 e. The fourth-order valence-electron chi connectivity index (χ4n) is 3.33. The minimum absolute atomic E-state index is 0.157. The second-order valence-corrected chi connectivity index (χ2v) is 7.04. The highest BCUT2D eigenvalue weighted by Crippen LogP contribution is 2.31. The molecule has 2 aliphatic rings. The third kappa shape index (κ3) is 3.85. The second-order valence-electron chi connectivity index (χ2n) is 7.04. The number of nitrogens with zero attached hydrogens (tertiary/aromatic N) is 5. The molecule has 1 saturated carbocycles. The first kappa shape index (κ1) is 15.5. The van der Waals surface area contributed by atoms with Gasteiger partial charge in [0.15, 0.2) is 0 Å². The second kappa shape index (κ2) is 6.77. The summed E-state index contributed by atoms with van der Waals surface area (Å²) in [5, 5.41) is 4.04. The summed E-state index contributed by atoms with van der Waals surface area (Å²) in [7, 11) is 0. The highest BCUT2D eigenvalue weighted by atomic mass is 16.2. The molecule has 22 heavy (non-hydrogen) atoms. The number of carbonyl (C=O) groups is 1. The van der Waals surface area contributed by atoms with E-state index in [0.29, 0.717) is 18.5 Å². The van der Waals surface area contributed by atoms with Crippen molar-refractivity contribution in [1.82, 2.24) is 24.6 Å². The molecule has 0 spiro atoms. The summed E-state index contributed by atoms with van der Waals surface area (Å²) in [5.41, 5.74) is 0. The lowest BCUT2D eigenvalue weighted by Crippen LogP contribution is -2.47. The van der Waals surface area contributed by atoms with Gasteiger partial charge in [-0.25, -0.2) is 9.67 Å². The Morgan fingerprint density at radius 1 is 1.32 bits per heavy atom. The van der Waals surface area contributed by atoms with E-state index >= 15 is 0 Å². The molecule has 1 amide bonds. The van der Waals surface area contributed by atoms with E-state index in [0.717, 1.165) is 32.0 Å². The van der Waals surface area contributed by atoms with Crippen molar-refractivity contribution >= 4 is 5.91 Å². The molecule has 1 atom stereocenters. The van der Waals surface area contributed by atoms with Gasteiger partial charge in [-0.15, -0.1) is 0 Å². The highest BCUT2D eigenvalue weighted by molar-refractivity contribution is 5.76. The summed E-state index contributed by atoms with van der Waals surface area (Å²) in [6, 6.07) is 0.475. The molecule has 1 aromatic heterocycles. The van der Waals surface area contributed by atoms with Crippen molar-refractivity contribution in [3.8, 4) is 0 Å². The van der Waals surface area contributed by atoms with Crippen LogP contribution in [0.5, 0.6) is 0 Å². The topological polar surface area (TPSA) is 54.3 Å². The number of rotatable bonds is 5. The first-order valence-electron chi connectivity index (χ1n) is 8.47. The number of hydrogen-bond donors (Lipinski definition) is 0. The van der Waals surface area contributed by atoms with Crippen LogP contribution in [-0.4, -0.2) is 62.7 Å². The third-order valence-corrected chi connectivity index (χ3v) is 4.83. The van der Waals surface area contributed by atoms with E-state index in [1.807, 2.05) is 4.90 Å². The number of carbonyl (C=O) groups excluding carboxylic acids is 1. The molecule has 6 heteroatoms. The van der Waals surface area contributed by atoms with Gasteiger partial charge < -0.3 is 4.90 Å². The van der Waals surface area contributed by atoms with E-state index in [1.54, 1.807) is 11.0 Å². The molecular weight excluding hydrogens is 278 g/mol. The summed E-state index contributed by atoms with van der Waals surface area (Å²) in [4.78, 5) is 21.1. The molecule has 1 saturated heterocycles. The van der Waals surface area contributed by atoms with Crippen molar-refractivity contribution in [1.29, 1.82) is 0 Å². The molecule has 2 heterocycles. The van der Waals surface area contributed by atoms with Crippen LogP contribution < -0.4 is 0 Å². The molecule has 0 bridgehead atoms. The molecular formula is C16H27N5O. The molecule has 6 nitrogen and oxygen atoms in total. The quantitative estimate of drug-likeness (QED) is 0.821. The minimum Gasteiger partial charge on any atom is -0.339 e. The van der Waals surface area contributed by atoms with Crippen LogP contribution >= 0.6 is 0 Å². The van der Waals surface area contributed by atoms with E-state index in [4.69, 9.17) is 0 Å². The van der Waals surface area contributed by atoms with Crippen molar-refractivity contribution in [3.05, 3.63) is 12.7 Å². The zero-order valence-electron chi connectivity index (χ0n) is 13.7. The fourth-order valence-corrected chi connectivity index (χ4v) is 3.33. The van der Waals surface area contributed by atoms with Crippen LogP contribution in [-0.2, 0) is 11.3 Å². The highest BCUT2D eigenvalue weighted by Gasteiger charge is 2.33. The molecule has 1 aromatic rings. The summed E-state index contributed by atoms with van der Waals surface area (Å²) in [5.74, 6) is 1.63. The molecule has 0 N–H and O–H groups in total. The zero-order chi connectivity index (χ0) is 15.5. The average molecular weight is 305 g/mol. The van der Waals surface area contributed by atoms with Gasteiger partial charge in [0, 0.05) is 32.2 Å². The largest absolute Gasteiger partial charge is 0.339 e. The fraction of sp³-hybridized carbons (Fsp3) is 0.812. The van der Waals surface area contributed by atoms with Crippen LogP contribution in [0.2, 0.25) is 0 Å². The van der Waals surface area contributed by atoms with Gasteiger partial charge in [-0.05, 0) is 31.1 Å². The predicted octanol–water partition coefficient (Wildman–Crippen LogP) is 1.25. The standard InChI is InChI=1S/C16H27N5O/c1-13(2)15-9-20(16(22)10-21-12-17-11-18-21)7-3-6-19(15)8-14-4-5-14/h11-15H,3-10H2,1-2H3.